The molecule has 110 valence electrons. The molecule has 6 nitrogen and oxygen atoms in total. The first-order valence-corrected chi connectivity index (χ1v) is 6.69. The second-order valence-corrected chi connectivity index (χ2v) is 4.32. The molecule has 0 fully saturated rings. The molecule has 0 unspecified atom stereocenters. The maximum atomic E-state index is 11.9. The minimum atomic E-state index is -0.237. The van der Waals surface area contributed by atoms with Crippen molar-refractivity contribution in [2.75, 3.05) is 26.8 Å². The van der Waals surface area contributed by atoms with Crippen LogP contribution in [0.25, 0.3) is 0 Å². The first-order valence-electron chi connectivity index (χ1n) is 6.69. The lowest BCUT2D eigenvalue weighted by Gasteiger charge is -2.07. The number of methoxy groups -OCH3 is 1. The highest BCUT2D eigenvalue weighted by Crippen LogP contribution is 2.03. The van der Waals surface area contributed by atoms with Gasteiger partial charge in [0.25, 0.3) is 11.8 Å². The van der Waals surface area contributed by atoms with Crippen LogP contribution in [0.1, 0.15) is 40.5 Å². The van der Waals surface area contributed by atoms with Crippen LogP contribution in [0.5, 0.6) is 0 Å². The predicted octanol–water partition coefficient (Wildman–Crippen LogP) is 0.988. The molecule has 1 aromatic rings. The molecular weight excluding hydrogens is 258 g/mol. The molecule has 0 aromatic carbocycles. The monoisotopic (exact) mass is 279 g/mol. The van der Waals surface area contributed by atoms with Crippen LogP contribution >= 0.6 is 0 Å². The van der Waals surface area contributed by atoms with Crippen molar-refractivity contribution in [3.8, 4) is 0 Å². The van der Waals surface area contributed by atoms with Crippen molar-refractivity contribution >= 4 is 11.8 Å². The highest BCUT2D eigenvalue weighted by Gasteiger charge is 2.10. The third-order valence-corrected chi connectivity index (χ3v) is 2.61. The lowest BCUT2D eigenvalue weighted by atomic mass is 10.2. The number of hydrogen-bond acceptors (Lipinski definition) is 4. The van der Waals surface area contributed by atoms with E-state index in [1.165, 1.54) is 12.4 Å². The Hall–Kier alpha value is -1.95. The number of nitrogens with zero attached hydrogens (tertiary/aromatic N) is 1. The van der Waals surface area contributed by atoms with Crippen molar-refractivity contribution in [3.63, 3.8) is 0 Å². The summed E-state index contributed by atoms with van der Waals surface area (Å²) in [6, 6.07) is 1.55. The molecule has 0 radical (unpaired) electrons. The number of hydrogen-bond donors (Lipinski definition) is 2. The zero-order chi connectivity index (χ0) is 14.8. The molecule has 0 aliphatic heterocycles. The third-order valence-electron chi connectivity index (χ3n) is 2.61. The molecule has 6 heteroatoms. The smallest absolute Gasteiger partial charge is 0.252 e. The SMILES string of the molecule is CCCNC(=O)c1cncc(C(=O)NCCCOC)c1. The lowest BCUT2D eigenvalue weighted by molar-refractivity contribution is 0.0948. The quantitative estimate of drug-likeness (QED) is 0.695. The molecule has 0 saturated heterocycles. The molecule has 20 heavy (non-hydrogen) atoms. The van der Waals surface area contributed by atoms with Crippen LogP contribution in [0.2, 0.25) is 0 Å². The maximum Gasteiger partial charge on any atom is 0.252 e. The normalized spacial score (nSPS) is 10.1. The van der Waals surface area contributed by atoms with E-state index in [1.807, 2.05) is 6.92 Å². The summed E-state index contributed by atoms with van der Waals surface area (Å²) in [6.07, 6.45) is 4.50. The molecule has 0 saturated carbocycles. The third kappa shape index (κ3) is 5.36. The second kappa shape index (κ2) is 9.03. The Morgan fingerprint density at radius 1 is 1.15 bits per heavy atom. The van der Waals surface area contributed by atoms with E-state index in [1.54, 1.807) is 13.2 Å². The lowest BCUT2D eigenvalue weighted by Crippen LogP contribution is -2.27. The molecule has 1 aromatic heterocycles. The zero-order valence-corrected chi connectivity index (χ0v) is 11.9. The van der Waals surface area contributed by atoms with Crippen molar-refractivity contribution < 1.29 is 14.3 Å². The van der Waals surface area contributed by atoms with Crippen LogP contribution in [0.4, 0.5) is 0 Å². The van der Waals surface area contributed by atoms with Crippen molar-refractivity contribution in [2.45, 2.75) is 19.8 Å². The van der Waals surface area contributed by atoms with Crippen molar-refractivity contribution in [2.24, 2.45) is 0 Å². The Balaban J connectivity index is 2.58. The minimum absolute atomic E-state index is 0.214. The first-order chi connectivity index (χ1) is 9.69. The molecule has 2 amide bonds. The van der Waals surface area contributed by atoms with Crippen molar-refractivity contribution in [3.05, 3.63) is 29.6 Å². The van der Waals surface area contributed by atoms with Gasteiger partial charge in [0.1, 0.15) is 0 Å². The van der Waals surface area contributed by atoms with Crippen LogP contribution in [0.3, 0.4) is 0 Å². The Kier molecular flexibility index (Phi) is 7.27. The summed E-state index contributed by atoms with van der Waals surface area (Å²) >= 11 is 0. The average molecular weight is 279 g/mol. The Labute approximate surface area is 118 Å². The number of ether oxygens (including phenoxy) is 1. The number of nitrogens with one attached hydrogen (secondary N) is 2. The fraction of sp³-hybridized carbons (Fsp3) is 0.500. The molecule has 0 aliphatic carbocycles. The number of pyridine rings is 1. The van der Waals surface area contributed by atoms with Gasteiger partial charge in [-0.1, -0.05) is 6.92 Å². The van der Waals surface area contributed by atoms with E-state index in [4.69, 9.17) is 4.74 Å². The van der Waals surface area contributed by atoms with E-state index in [0.29, 0.717) is 30.8 Å². The predicted molar refractivity (Wildman–Crippen MR) is 75.7 cm³/mol. The van der Waals surface area contributed by atoms with Crippen LogP contribution < -0.4 is 10.6 Å². The summed E-state index contributed by atoms with van der Waals surface area (Å²) < 4.78 is 4.90. The van der Waals surface area contributed by atoms with Gasteiger partial charge >= 0.3 is 0 Å². The highest BCUT2D eigenvalue weighted by molar-refractivity contribution is 5.99. The molecule has 1 heterocycles. The minimum Gasteiger partial charge on any atom is -0.385 e. The summed E-state index contributed by atoms with van der Waals surface area (Å²) in [4.78, 5) is 27.6. The highest BCUT2D eigenvalue weighted by atomic mass is 16.5. The van der Waals surface area contributed by atoms with Gasteiger partial charge in [-0.3, -0.25) is 14.6 Å². The summed E-state index contributed by atoms with van der Waals surface area (Å²) in [5.41, 5.74) is 0.773. The Morgan fingerprint density at radius 2 is 1.75 bits per heavy atom. The average Bonchev–Trinajstić information content (AvgIpc) is 2.49. The van der Waals surface area contributed by atoms with Crippen LogP contribution in [0, 0.1) is 0 Å². The Morgan fingerprint density at radius 3 is 2.30 bits per heavy atom. The standard InChI is InChI=1S/C14H21N3O3/c1-3-5-16-13(18)11-8-12(10-15-9-11)14(19)17-6-4-7-20-2/h8-10H,3-7H2,1-2H3,(H,16,18)(H,17,19). The largest absolute Gasteiger partial charge is 0.385 e. The molecule has 1 rings (SSSR count). The second-order valence-electron chi connectivity index (χ2n) is 4.32. The van der Waals surface area contributed by atoms with Gasteiger partial charge < -0.3 is 15.4 Å². The summed E-state index contributed by atoms with van der Waals surface area (Å²) in [7, 11) is 1.62. The van der Waals surface area contributed by atoms with Gasteiger partial charge in [0.15, 0.2) is 0 Å². The first kappa shape index (κ1) is 16.1. The molecular formula is C14H21N3O3. The molecule has 2 N–H and O–H groups in total. The number of aromatic nitrogens is 1. The van der Waals surface area contributed by atoms with E-state index in [2.05, 4.69) is 15.6 Å². The maximum absolute atomic E-state index is 11.9. The molecule has 0 bridgehead atoms. The van der Waals surface area contributed by atoms with Crippen molar-refractivity contribution in [1.29, 1.82) is 0 Å². The van der Waals surface area contributed by atoms with Gasteiger partial charge in [-0.2, -0.15) is 0 Å². The van der Waals surface area contributed by atoms with Crippen molar-refractivity contribution in [1.82, 2.24) is 15.6 Å². The topological polar surface area (TPSA) is 80.3 Å². The number of carbonyl (C=O) groups excluding carboxylic acids is 2. The summed E-state index contributed by atoms with van der Waals surface area (Å²) in [6.45, 7) is 3.70. The number of rotatable bonds is 8. The number of amides is 2. The van der Waals surface area contributed by atoms with Crippen LogP contribution in [-0.2, 0) is 4.74 Å². The van der Waals surface area contributed by atoms with E-state index in [-0.39, 0.29) is 11.8 Å². The molecule has 0 atom stereocenters. The molecule has 0 spiro atoms. The van der Waals surface area contributed by atoms with Gasteiger partial charge in [0.2, 0.25) is 0 Å². The van der Waals surface area contributed by atoms with Gasteiger partial charge in [-0.25, -0.2) is 0 Å². The fourth-order valence-corrected chi connectivity index (χ4v) is 1.55. The zero-order valence-electron chi connectivity index (χ0n) is 11.9. The Bertz CT molecular complexity index is 449. The van der Waals surface area contributed by atoms with Crippen LogP contribution in [-0.4, -0.2) is 43.6 Å². The van der Waals surface area contributed by atoms with E-state index < -0.39 is 0 Å². The van der Waals surface area contributed by atoms with Gasteiger partial charge in [0, 0.05) is 39.2 Å². The van der Waals surface area contributed by atoms with Gasteiger partial charge in [0.05, 0.1) is 11.1 Å². The van der Waals surface area contributed by atoms with E-state index in [9.17, 15) is 9.59 Å². The van der Waals surface area contributed by atoms with E-state index >= 15 is 0 Å². The summed E-state index contributed by atoms with van der Waals surface area (Å²) in [5, 5.41) is 5.50. The van der Waals surface area contributed by atoms with Gasteiger partial charge in [-0.05, 0) is 18.9 Å². The van der Waals surface area contributed by atoms with Gasteiger partial charge in [-0.15, -0.1) is 0 Å². The van der Waals surface area contributed by atoms with Crippen LogP contribution in [0.15, 0.2) is 18.5 Å². The number of carbonyl (C=O) groups is 2. The fourth-order valence-electron chi connectivity index (χ4n) is 1.55. The molecule has 0 aliphatic rings. The summed E-state index contributed by atoms with van der Waals surface area (Å²) in [5.74, 6) is -0.452. The van der Waals surface area contributed by atoms with E-state index in [0.717, 1.165) is 12.8 Å².